The molecule has 0 aromatic heterocycles. The van der Waals surface area contributed by atoms with E-state index < -0.39 is 0 Å². The van der Waals surface area contributed by atoms with Crippen molar-refractivity contribution in [3.63, 3.8) is 0 Å². The van der Waals surface area contributed by atoms with Crippen LogP contribution in [0.3, 0.4) is 0 Å². The lowest BCUT2D eigenvalue weighted by Crippen LogP contribution is -2.47. The molecule has 3 nitrogen and oxygen atoms in total. The maximum Gasteiger partial charge on any atom is 0.317 e. The predicted molar refractivity (Wildman–Crippen MR) is 65.0 cm³/mol. The highest BCUT2D eigenvalue weighted by atomic mass is 16.2. The van der Waals surface area contributed by atoms with Crippen LogP contribution < -0.4 is 5.32 Å². The molecule has 1 N–H and O–H groups in total. The fourth-order valence-corrected chi connectivity index (χ4v) is 1.40. The van der Waals surface area contributed by atoms with Crippen molar-refractivity contribution in [1.29, 1.82) is 0 Å². The molecule has 0 aliphatic heterocycles. The highest BCUT2D eigenvalue weighted by molar-refractivity contribution is 5.74. The number of hydrogen-bond acceptors (Lipinski definition) is 1. The van der Waals surface area contributed by atoms with E-state index in [1.54, 1.807) is 0 Å². The second-order valence-electron chi connectivity index (χ2n) is 4.41. The highest BCUT2D eigenvalue weighted by Crippen LogP contribution is 2.06. The second kappa shape index (κ2) is 7.55. The normalized spacial score (nSPS) is 12.7. The Morgan fingerprint density at radius 3 is 2.27 bits per heavy atom. The number of hydrogen-bond donors (Lipinski definition) is 1. The van der Waals surface area contributed by atoms with E-state index in [0.717, 1.165) is 25.8 Å². The third-order valence-electron chi connectivity index (χ3n) is 2.55. The summed E-state index contributed by atoms with van der Waals surface area (Å²) in [6.45, 7) is 11.2. The molecule has 15 heavy (non-hydrogen) atoms. The molecule has 0 radical (unpaired) electrons. The number of carbonyl (C=O) groups is 1. The van der Waals surface area contributed by atoms with E-state index >= 15 is 0 Å². The van der Waals surface area contributed by atoms with Gasteiger partial charge < -0.3 is 10.2 Å². The van der Waals surface area contributed by atoms with E-state index in [1.807, 2.05) is 18.7 Å². The summed E-state index contributed by atoms with van der Waals surface area (Å²) in [6.07, 6.45) is 3.22. The number of nitrogens with zero attached hydrogens (tertiary/aromatic N) is 1. The number of amides is 2. The van der Waals surface area contributed by atoms with Gasteiger partial charge in [0.2, 0.25) is 0 Å². The molecular weight excluding hydrogens is 188 g/mol. The summed E-state index contributed by atoms with van der Waals surface area (Å²) < 4.78 is 0. The molecule has 0 aliphatic rings. The van der Waals surface area contributed by atoms with Gasteiger partial charge in [-0.3, -0.25) is 0 Å². The minimum absolute atomic E-state index is 0.0767. The van der Waals surface area contributed by atoms with Crippen LogP contribution in [0.4, 0.5) is 4.79 Å². The molecule has 0 heterocycles. The van der Waals surface area contributed by atoms with Crippen LogP contribution in [0, 0.1) is 0 Å². The predicted octanol–water partition coefficient (Wildman–Crippen LogP) is 3.01. The Labute approximate surface area is 94.2 Å². The minimum Gasteiger partial charge on any atom is -0.336 e. The van der Waals surface area contributed by atoms with E-state index in [2.05, 4.69) is 26.1 Å². The third-order valence-corrected chi connectivity index (χ3v) is 2.55. The zero-order chi connectivity index (χ0) is 11.8. The minimum atomic E-state index is 0.0767. The maximum atomic E-state index is 11.9. The first-order valence-corrected chi connectivity index (χ1v) is 6.10. The molecule has 0 saturated heterocycles. The van der Waals surface area contributed by atoms with Crippen LogP contribution >= 0.6 is 0 Å². The molecule has 0 bridgehead atoms. The van der Waals surface area contributed by atoms with Crippen molar-refractivity contribution in [2.75, 3.05) is 6.54 Å². The first-order valence-electron chi connectivity index (χ1n) is 6.10. The Bertz CT molecular complexity index is 180. The van der Waals surface area contributed by atoms with Crippen LogP contribution in [0.5, 0.6) is 0 Å². The molecular formula is C12H26N2O. The lowest BCUT2D eigenvalue weighted by Gasteiger charge is -2.29. The van der Waals surface area contributed by atoms with E-state index in [1.165, 1.54) is 0 Å². The van der Waals surface area contributed by atoms with Crippen molar-refractivity contribution in [1.82, 2.24) is 10.2 Å². The largest absolute Gasteiger partial charge is 0.336 e. The van der Waals surface area contributed by atoms with Gasteiger partial charge in [-0.15, -0.1) is 0 Å². The van der Waals surface area contributed by atoms with Crippen LogP contribution in [0.25, 0.3) is 0 Å². The Balaban J connectivity index is 4.26. The number of urea groups is 1. The van der Waals surface area contributed by atoms with Gasteiger partial charge in [0.25, 0.3) is 0 Å². The molecule has 2 amide bonds. The van der Waals surface area contributed by atoms with Gasteiger partial charge in [-0.2, -0.15) is 0 Å². The average Bonchev–Trinajstić information content (AvgIpc) is 2.16. The van der Waals surface area contributed by atoms with Crippen molar-refractivity contribution in [3.8, 4) is 0 Å². The summed E-state index contributed by atoms with van der Waals surface area (Å²) in [5, 5.41) is 2.95. The monoisotopic (exact) mass is 214 g/mol. The number of carbonyl (C=O) groups excluding carboxylic acids is 1. The first-order chi connectivity index (χ1) is 7.02. The molecule has 1 unspecified atom stereocenters. The summed E-state index contributed by atoms with van der Waals surface area (Å²) in [5.74, 6) is 0. The standard InChI is InChI=1S/C12H26N2O/c1-6-8-9-14(11(5)7-2)12(15)13-10(3)4/h10-11H,6-9H2,1-5H3,(H,13,15). The van der Waals surface area contributed by atoms with Crippen LogP contribution in [0.1, 0.15) is 53.9 Å². The molecule has 90 valence electrons. The lowest BCUT2D eigenvalue weighted by atomic mass is 10.2. The van der Waals surface area contributed by atoms with Gasteiger partial charge in [-0.25, -0.2) is 4.79 Å². The van der Waals surface area contributed by atoms with Crippen molar-refractivity contribution < 1.29 is 4.79 Å². The number of rotatable bonds is 6. The SMILES string of the molecule is CCCCN(C(=O)NC(C)C)C(C)CC. The molecule has 0 fully saturated rings. The van der Waals surface area contributed by atoms with Gasteiger partial charge in [-0.05, 0) is 33.6 Å². The van der Waals surface area contributed by atoms with Crippen LogP contribution in [0.2, 0.25) is 0 Å². The highest BCUT2D eigenvalue weighted by Gasteiger charge is 2.18. The lowest BCUT2D eigenvalue weighted by molar-refractivity contribution is 0.173. The van der Waals surface area contributed by atoms with E-state index in [-0.39, 0.29) is 12.1 Å². The fourth-order valence-electron chi connectivity index (χ4n) is 1.40. The van der Waals surface area contributed by atoms with Gasteiger partial charge in [0.15, 0.2) is 0 Å². The van der Waals surface area contributed by atoms with E-state index in [0.29, 0.717) is 6.04 Å². The molecule has 3 heteroatoms. The Morgan fingerprint density at radius 1 is 1.27 bits per heavy atom. The summed E-state index contributed by atoms with van der Waals surface area (Å²) in [5.41, 5.74) is 0. The Kier molecular flexibility index (Phi) is 7.18. The summed E-state index contributed by atoms with van der Waals surface area (Å²) in [7, 11) is 0. The van der Waals surface area contributed by atoms with Crippen LogP contribution in [0.15, 0.2) is 0 Å². The van der Waals surface area contributed by atoms with E-state index in [4.69, 9.17) is 0 Å². The molecule has 1 atom stereocenters. The number of unbranched alkanes of at least 4 members (excludes halogenated alkanes) is 1. The Hall–Kier alpha value is -0.730. The van der Waals surface area contributed by atoms with Gasteiger partial charge in [0, 0.05) is 18.6 Å². The van der Waals surface area contributed by atoms with Crippen molar-refractivity contribution in [3.05, 3.63) is 0 Å². The second-order valence-corrected chi connectivity index (χ2v) is 4.41. The van der Waals surface area contributed by atoms with Crippen molar-refractivity contribution in [2.45, 2.75) is 66.0 Å². The summed E-state index contributed by atoms with van der Waals surface area (Å²) in [4.78, 5) is 13.8. The number of nitrogens with one attached hydrogen (secondary N) is 1. The van der Waals surface area contributed by atoms with Crippen molar-refractivity contribution in [2.24, 2.45) is 0 Å². The van der Waals surface area contributed by atoms with Crippen molar-refractivity contribution >= 4 is 6.03 Å². The summed E-state index contributed by atoms with van der Waals surface area (Å²) >= 11 is 0. The van der Waals surface area contributed by atoms with Gasteiger partial charge in [-0.1, -0.05) is 20.3 Å². The van der Waals surface area contributed by atoms with Crippen LogP contribution in [-0.2, 0) is 0 Å². The topological polar surface area (TPSA) is 32.3 Å². The molecule has 0 aromatic rings. The third kappa shape index (κ3) is 5.65. The van der Waals surface area contributed by atoms with Gasteiger partial charge >= 0.3 is 6.03 Å². The molecule has 0 saturated carbocycles. The Morgan fingerprint density at radius 2 is 1.87 bits per heavy atom. The zero-order valence-electron chi connectivity index (χ0n) is 10.8. The summed E-state index contributed by atoms with van der Waals surface area (Å²) in [6, 6.07) is 0.619. The average molecular weight is 214 g/mol. The van der Waals surface area contributed by atoms with Gasteiger partial charge in [0.05, 0.1) is 0 Å². The molecule has 0 rings (SSSR count). The molecule has 0 aliphatic carbocycles. The van der Waals surface area contributed by atoms with E-state index in [9.17, 15) is 4.79 Å². The molecule has 0 spiro atoms. The smallest absolute Gasteiger partial charge is 0.317 e. The molecule has 0 aromatic carbocycles. The zero-order valence-corrected chi connectivity index (χ0v) is 10.8. The first kappa shape index (κ1) is 14.3. The van der Waals surface area contributed by atoms with Gasteiger partial charge in [0.1, 0.15) is 0 Å². The van der Waals surface area contributed by atoms with Crippen LogP contribution in [-0.4, -0.2) is 29.6 Å². The maximum absolute atomic E-state index is 11.9. The fraction of sp³-hybridized carbons (Fsp3) is 0.917. The quantitative estimate of drug-likeness (QED) is 0.724.